The van der Waals surface area contributed by atoms with Crippen molar-refractivity contribution < 1.29 is 4.79 Å². The number of hydrogen-bond acceptors (Lipinski definition) is 5. The van der Waals surface area contributed by atoms with E-state index in [1.807, 2.05) is 29.2 Å². The Morgan fingerprint density at radius 1 is 1.33 bits per heavy atom. The third-order valence-electron chi connectivity index (χ3n) is 4.43. The largest absolute Gasteiger partial charge is 0.297 e. The fourth-order valence-electron chi connectivity index (χ4n) is 3.13. The van der Waals surface area contributed by atoms with Crippen molar-refractivity contribution in [2.45, 2.75) is 46.2 Å². The number of amides is 1. The monoisotopic (exact) mass is 325 g/mol. The van der Waals surface area contributed by atoms with Crippen LogP contribution >= 0.6 is 0 Å². The van der Waals surface area contributed by atoms with Gasteiger partial charge in [0.2, 0.25) is 5.95 Å². The number of carbonyl (C=O) groups is 1. The second-order valence-electron chi connectivity index (χ2n) is 6.00. The van der Waals surface area contributed by atoms with E-state index in [4.69, 9.17) is 0 Å². The molecule has 0 spiro atoms. The first-order valence-electron chi connectivity index (χ1n) is 8.24. The maximum atomic E-state index is 12.7. The van der Waals surface area contributed by atoms with Crippen molar-refractivity contribution in [3.63, 3.8) is 0 Å². The summed E-state index contributed by atoms with van der Waals surface area (Å²) in [5.74, 6) is 1.23. The van der Waals surface area contributed by atoms with Crippen LogP contribution in [0.1, 0.15) is 41.6 Å². The van der Waals surface area contributed by atoms with E-state index in [1.165, 1.54) is 0 Å². The molecule has 0 aliphatic carbocycles. The highest BCUT2D eigenvalue weighted by atomic mass is 16.1. The summed E-state index contributed by atoms with van der Waals surface area (Å²) >= 11 is 0. The van der Waals surface area contributed by atoms with Crippen LogP contribution < -0.4 is 5.32 Å². The molecule has 0 saturated heterocycles. The maximum absolute atomic E-state index is 12.7. The van der Waals surface area contributed by atoms with Gasteiger partial charge in [0.05, 0.1) is 17.5 Å². The third kappa shape index (κ3) is 2.34. The lowest BCUT2D eigenvalue weighted by Gasteiger charge is -2.15. The minimum absolute atomic E-state index is 0.216. The molecule has 4 heterocycles. The van der Waals surface area contributed by atoms with Crippen molar-refractivity contribution in [1.29, 1.82) is 0 Å². The Morgan fingerprint density at radius 2 is 2.21 bits per heavy atom. The summed E-state index contributed by atoms with van der Waals surface area (Å²) in [6.45, 7) is 5.43. The van der Waals surface area contributed by atoms with Crippen LogP contribution in [0, 0.1) is 6.92 Å². The zero-order valence-electron chi connectivity index (χ0n) is 13.8. The Kier molecular flexibility index (Phi) is 3.51. The predicted octanol–water partition coefficient (Wildman–Crippen LogP) is 1.94. The molecule has 0 unspecified atom stereocenters. The smallest absolute Gasteiger partial charge is 0.259 e. The van der Waals surface area contributed by atoms with Gasteiger partial charge in [-0.2, -0.15) is 5.10 Å². The van der Waals surface area contributed by atoms with E-state index in [0.717, 1.165) is 49.2 Å². The Labute approximate surface area is 138 Å². The van der Waals surface area contributed by atoms with Crippen LogP contribution in [0.2, 0.25) is 0 Å². The second kappa shape index (κ2) is 5.70. The number of rotatable bonds is 3. The van der Waals surface area contributed by atoms with Crippen molar-refractivity contribution >= 4 is 22.9 Å². The van der Waals surface area contributed by atoms with Crippen LogP contribution in [0.25, 0.3) is 11.0 Å². The van der Waals surface area contributed by atoms with Gasteiger partial charge in [-0.1, -0.05) is 0 Å². The molecule has 0 radical (unpaired) electrons. The molecule has 0 saturated carbocycles. The van der Waals surface area contributed by atoms with Gasteiger partial charge in [0, 0.05) is 24.9 Å². The molecule has 1 amide bonds. The van der Waals surface area contributed by atoms with Gasteiger partial charge in [0.1, 0.15) is 5.82 Å². The van der Waals surface area contributed by atoms with E-state index in [9.17, 15) is 4.79 Å². The highest BCUT2D eigenvalue weighted by molar-refractivity contribution is 6.05. The molecule has 1 N–H and O–H groups in total. The highest BCUT2D eigenvalue weighted by Crippen LogP contribution is 2.20. The second-order valence-corrected chi connectivity index (χ2v) is 6.00. The first kappa shape index (κ1) is 14.8. The zero-order chi connectivity index (χ0) is 16.7. The van der Waals surface area contributed by atoms with Gasteiger partial charge >= 0.3 is 0 Å². The molecular weight excluding hydrogens is 306 g/mol. The minimum atomic E-state index is -0.216. The number of pyridine rings is 1. The Balaban J connectivity index is 1.66. The fourth-order valence-corrected chi connectivity index (χ4v) is 3.13. The van der Waals surface area contributed by atoms with Crippen LogP contribution in [-0.2, 0) is 19.5 Å². The number of fused-ring (bicyclic) bond motifs is 2. The summed E-state index contributed by atoms with van der Waals surface area (Å²) in [5, 5.41) is 16.3. The molecule has 0 aromatic carbocycles. The molecule has 3 aromatic rings. The number of nitrogens with one attached hydrogen (secondary N) is 1. The average Bonchev–Trinajstić information content (AvgIpc) is 3.18. The van der Waals surface area contributed by atoms with E-state index in [2.05, 4.69) is 25.6 Å². The summed E-state index contributed by atoms with van der Waals surface area (Å²) in [6.07, 6.45) is 4.84. The molecular formula is C16H19N7O. The van der Waals surface area contributed by atoms with Gasteiger partial charge in [0.15, 0.2) is 5.65 Å². The quantitative estimate of drug-likeness (QED) is 0.794. The number of anilines is 1. The number of nitrogens with zero attached hydrogens (tertiary/aromatic N) is 6. The van der Waals surface area contributed by atoms with Crippen LogP contribution in [0.5, 0.6) is 0 Å². The van der Waals surface area contributed by atoms with Crippen molar-refractivity contribution in [2.24, 2.45) is 0 Å². The number of aromatic nitrogens is 6. The van der Waals surface area contributed by atoms with Crippen molar-refractivity contribution in [3.8, 4) is 0 Å². The number of hydrogen-bond donors (Lipinski definition) is 1. The molecule has 8 nitrogen and oxygen atoms in total. The average molecular weight is 325 g/mol. The Bertz CT molecular complexity index is 924. The third-order valence-corrected chi connectivity index (χ3v) is 4.43. The van der Waals surface area contributed by atoms with Gasteiger partial charge in [0.25, 0.3) is 5.91 Å². The SMILES string of the molecule is CCn1ncc2cc(C(=O)Nc3nnc4n3CCCC4)c(C)nc21. The van der Waals surface area contributed by atoms with Crippen LogP contribution in [0.4, 0.5) is 5.95 Å². The molecule has 0 bridgehead atoms. The molecule has 1 aliphatic heterocycles. The summed E-state index contributed by atoms with van der Waals surface area (Å²) < 4.78 is 3.80. The van der Waals surface area contributed by atoms with Gasteiger partial charge < -0.3 is 0 Å². The van der Waals surface area contributed by atoms with E-state index in [-0.39, 0.29) is 5.91 Å². The maximum Gasteiger partial charge on any atom is 0.259 e. The summed E-state index contributed by atoms with van der Waals surface area (Å²) in [5.41, 5.74) is 2.01. The fraction of sp³-hybridized carbons (Fsp3) is 0.438. The lowest BCUT2D eigenvalue weighted by atomic mass is 10.1. The standard InChI is InChI=1S/C16H19N7O/c1-3-23-14-11(9-17-23)8-12(10(2)18-14)15(24)19-16-21-20-13-6-4-5-7-22(13)16/h8-9H,3-7H2,1-2H3,(H,19,21,24). The van der Waals surface area contributed by atoms with Crippen molar-refractivity contribution in [2.75, 3.05) is 5.32 Å². The predicted molar refractivity (Wildman–Crippen MR) is 88.9 cm³/mol. The summed E-state index contributed by atoms with van der Waals surface area (Å²) in [7, 11) is 0. The molecule has 0 atom stereocenters. The van der Waals surface area contributed by atoms with Crippen LogP contribution in [0.15, 0.2) is 12.3 Å². The van der Waals surface area contributed by atoms with E-state index >= 15 is 0 Å². The lowest BCUT2D eigenvalue weighted by molar-refractivity contribution is 0.102. The van der Waals surface area contributed by atoms with Crippen molar-refractivity contribution in [3.05, 3.63) is 29.3 Å². The van der Waals surface area contributed by atoms with E-state index in [0.29, 0.717) is 17.2 Å². The van der Waals surface area contributed by atoms with Gasteiger partial charge in [-0.3, -0.25) is 14.7 Å². The molecule has 0 fully saturated rings. The molecule has 8 heteroatoms. The first-order valence-corrected chi connectivity index (χ1v) is 8.24. The summed E-state index contributed by atoms with van der Waals surface area (Å²) in [6, 6.07) is 1.83. The van der Waals surface area contributed by atoms with Crippen LogP contribution in [0.3, 0.4) is 0 Å². The minimum Gasteiger partial charge on any atom is -0.297 e. The first-order chi connectivity index (χ1) is 11.7. The topological polar surface area (TPSA) is 90.5 Å². The Morgan fingerprint density at radius 3 is 3.04 bits per heavy atom. The van der Waals surface area contributed by atoms with Crippen LogP contribution in [-0.4, -0.2) is 35.4 Å². The number of aryl methyl sites for hydroxylation is 3. The van der Waals surface area contributed by atoms with E-state index in [1.54, 1.807) is 6.20 Å². The normalized spacial score (nSPS) is 13.9. The molecule has 4 rings (SSSR count). The lowest BCUT2D eigenvalue weighted by Crippen LogP contribution is -2.19. The highest BCUT2D eigenvalue weighted by Gasteiger charge is 2.20. The van der Waals surface area contributed by atoms with Gasteiger partial charge in [-0.05, 0) is 32.8 Å². The molecule has 24 heavy (non-hydrogen) atoms. The summed E-state index contributed by atoms with van der Waals surface area (Å²) in [4.78, 5) is 17.2. The van der Waals surface area contributed by atoms with Crippen molar-refractivity contribution in [1.82, 2.24) is 29.5 Å². The zero-order valence-corrected chi connectivity index (χ0v) is 13.8. The molecule has 124 valence electrons. The van der Waals surface area contributed by atoms with E-state index < -0.39 is 0 Å². The molecule has 1 aliphatic rings. The molecule has 3 aromatic heterocycles. The van der Waals surface area contributed by atoms with Gasteiger partial charge in [-0.25, -0.2) is 9.67 Å². The Hall–Kier alpha value is -2.77. The van der Waals surface area contributed by atoms with Gasteiger partial charge in [-0.15, -0.1) is 10.2 Å². The number of carbonyl (C=O) groups excluding carboxylic acids is 1.